The lowest BCUT2D eigenvalue weighted by Crippen LogP contribution is -2.48. The van der Waals surface area contributed by atoms with E-state index in [1.54, 1.807) is 36.0 Å². The van der Waals surface area contributed by atoms with E-state index in [0.29, 0.717) is 23.4 Å². The highest BCUT2D eigenvalue weighted by Gasteiger charge is 2.45. The monoisotopic (exact) mass is 408 g/mol. The first-order valence-corrected chi connectivity index (χ1v) is 9.79. The van der Waals surface area contributed by atoms with E-state index >= 15 is 0 Å². The van der Waals surface area contributed by atoms with Crippen LogP contribution in [0.15, 0.2) is 64.6 Å². The lowest BCUT2D eigenvalue weighted by atomic mass is 9.79. The molecule has 2 aromatic heterocycles. The fourth-order valence-electron chi connectivity index (χ4n) is 4.04. The van der Waals surface area contributed by atoms with Crippen molar-refractivity contribution >= 4 is 5.84 Å². The van der Waals surface area contributed by atoms with Crippen molar-refractivity contribution in [2.75, 3.05) is 0 Å². The number of nitrogens with one attached hydrogen (secondary N) is 1. The quantitative estimate of drug-likeness (QED) is 0.674. The summed E-state index contributed by atoms with van der Waals surface area (Å²) in [7, 11) is 1.71. The molecule has 1 aromatic carbocycles. The number of rotatable bonds is 4. The fourth-order valence-corrected chi connectivity index (χ4v) is 4.04. The smallest absolute Gasteiger partial charge is 0.253 e. The van der Waals surface area contributed by atoms with Crippen molar-refractivity contribution in [2.24, 2.45) is 12.0 Å². The van der Waals surface area contributed by atoms with Gasteiger partial charge in [-0.15, -0.1) is 0 Å². The van der Waals surface area contributed by atoms with Gasteiger partial charge in [-0.3, -0.25) is 9.79 Å². The number of aryl methyl sites for hydroxylation is 2. The summed E-state index contributed by atoms with van der Waals surface area (Å²) in [5.41, 5.74) is 2.06. The molecular formula is C23H22F2N4O. The van der Waals surface area contributed by atoms with Crippen LogP contribution < -0.4 is 10.9 Å². The van der Waals surface area contributed by atoms with Crippen molar-refractivity contribution in [2.45, 2.75) is 31.8 Å². The molecule has 0 saturated carbocycles. The van der Waals surface area contributed by atoms with Gasteiger partial charge < -0.3 is 9.88 Å². The van der Waals surface area contributed by atoms with Gasteiger partial charge in [0, 0.05) is 36.1 Å². The largest absolute Gasteiger partial charge is 0.354 e. The number of benzene rings is 1. The second-order valence-electron chi connectivity index (χ2n) is 7.49. The van der Waals surface area contributed by atoms with Crippen molar-refractivity contribution in [1.29, 1.82) is 0 Å². The lowest BCUT2D eigenvalue weighted by Gasteiger charge is -2.34. The van der Waals surface area contributed by atoms with E-state index in [9.17, 15) is 13.6 Å². The molecule has 30 heavy (non-hydrogen) atoms. The van der Waals surface area contributed by atoms with E-state index in [1.165, 1.54) is 24.4 Å². The molecule has 0 amide bonds. The molecular weight excluding hydrogens is 386 g/mol. The van der Waals surface area contributed by atoms with Gasteiger partial charge in [0.25, 0.3) is 5.56 Å². The van der Waals surface area contributed by atoms with Crippen LogP contribution in [-0.2, 0) is 19.0 Å². The van der Waals surface area contributed by atoms with Crippen molar-refractivity contribution < 1.29 is 8.78 Å². The third kappa shape index (κ3) is 3.20. The van der Waals surface area contributed by atoms with Crippen LogP contribution in [0, 0.1) is 11.8 Å². The summed E-state index contributed by atoms with van der Waals surface area (Å²) in [6, 6.07) is 10.7. The zero-order valence-electron chi connectivity index (χ0n) is 17.0. The molecule has 2 atom stereocenters. The standard InChI is InChI=1S/C23H22F2N4O/c1-4-15-11-16(13-29(3)22(15)30)21-27-14(2)23(28-21,17-5-8-19(24)9-6-17)18-7-10-20(25)26-12-18/h5-14H,4H2,1-3H3,(H,27,28)/t14-,23?/m0/s1. The minimum atomic E-state index is -0.856. The molecule has 5 nitrogen and oxygen atoms in total. The molecule has 0 aliphatic carbocycles. The molecule has 154 valence electrons. The summed E-state index contributed by atoms with van der Waals surface area (Å²) in [5.74, 6) is -0.310. The van der Waals surface area contributed by atoms with Gasteiger partial charge in [0.2, 0.25) is 5.95 Å². The minimum absolute atomic E-state index is 0.0413. The van der Waals surface area contributed by atoms with Crippen molar-refractivity contribution in [3.8, 4) is 0 Å². The molecule has 1 aliphatic heterocycles. The molecule has 4 rings (SSSR count). The Morgan fingerprint density at radius 1 is 1.13 bits per heavy atom. The van der Waals surface area contributed by atoms with E-state index in [0.717, 1.165) is 11.1 Å². The highest BCUT2D eigenvalue weighted by atomic mass is 19.1. The van der Waals surface area contributed by atoms with E-state index in [1.807, 2.05) is 19.9 Å². The lowest BCUT2D eigenvalue weighted by molar-refractivity contribution is 0.430. The maximum atomic E-state index is 13.6. The van der Waals surface area contributed by atoms with Gasteiger partial charge in [0.1, 0.15) is 17.2 Å². The van der Waals surface area contributed by atoms with Gasteiger partial charge in [-0.1, -0.05) is 25.1 Å². The number of pyridine rings is 2. The molecule has 0 fully saturated rings. The Morgan fingerprint density at radius 3 is 2.47 bits per heavy atom. The zero-order chi connectivity index (χ0) is 21.5. The van der Waals surface area contributed by atoms with Crippen LogP contribution in [0.4, 0.5) is 8.78 Å². The average molecular weight is 408 g/mol. The molecule has 3 aromatic rings. The molecule has 0 saturated heterocycles. The van der Waals surface area contributed by atoms with Crippen LogP contribution in [-0.4, -0.2) is 21.4 Å². The van der Waals surface area contributed by atoms with E-state index < -0.39 is 11.5 Å². The predicted octanol–water partition coefficient (Wildman–Crippen LogP) is 3.30. The number of amidine groups is 1. The van der Waals surface area contributed by atoms with Crippen molar-refractivity contribution in [1.82, 2.24) is 14.9 Å². The van der Waals surface area contributed by atoms with Gasteiger partial charge in [-0.25, -0.2) is 9.37 Å². The molecule has 1 N–H and O–H groups in total. The normalized spacial score (nSPS) is 20.7. The summed E-state index contributed by atoms with van der Waals surface area (Å²) in [6.45, 7) is 3.87. The van der Waals surface area contributed by atoms with Gasteiger partial charge in [-0.05, 0) is 43.2 Å². The first kappa shape index (κ1) is 19.9. The Hall–Kier alpha value is -3.35. The van der Waals surface area contributed by atoms with Crippen LogP contribution >= 0.6 is 0 Å². The zero-order valence-corrected chi connectivity index (χ0v) is 17.0. The van der Waals surface area contributed by atoms with Gasteiger partial charge in [0.05, 0.1) is 6.04 Å². The molecule has 0 spiro atoms. The Kier molecular flexibility index (Phi) is 4.97. The summed E-state index contributed by atoms with van der Waals surface area (Å²) >= 11 is 0. The second-order valence-corrected chi connectivity index (χ2v) is 7.49. The SMILES string of the molecule is CCc1cc(C2=N[C@@H](C)C(c3ccc(F)cc3)(c3ccc(F)nc3)N2)cn(C)c1=O. The Labute approximate surface area is 173 Å². The summed E-state index contributed by atoms with van der Waals surface area (Å²) in [6.07, 6.45) is 3.82. The third-order valence-electron chi connectivity index (χ3n) is 5.66. The Balaban J connectivity index is 1.86. The van der Waals surface area contributed by atoms with Crippen LogP contribution in [0.1, 0.15) is 36.1 Å². The highest BCUT2D eigenvalue weighted by molar-refractivity contribution is 6.01. The average Bonchev–Trinajstić information content (AvgIpc) is 3.09. The van der Waals surface area contributed by atoms with Gasteiger partial charge in [-0.2, -0.15) is 4.39 Å². The van der Waals surface area contributed by atoms with Crippen LogP contribution in [0.2, 0.25) is 0 Å². The van der Waals surface area contributed by atoms with Crippen LogP contribution in [0.5, 0.6) is 0 Å². The predicted molar refractivity (Wildman–Crippen MR) is 112 cm³/mol. The number of aromatic nitrogens is 2. The molecule has 3 heterocycles. The summed E-state index contributed by atoms with van der Waals surface area (Å²) < 4.78 is 28.7. The second kappa shape index (κ2) is 7.48. The number of hydrogen-bond donors (Lipinski definition) is 1. The number of hydrogen-bond acceptors (Lipinski definition) is 4. The summed E-state index contributed by atoms with van der Waals surface area (Å²) in [4.78, 5) is 20.9. The van der Waals surface area contributed by atoms with Gasteiger partial charge in [0.15, 0.2) is 0 Å². The topological polar surface area (TPSA) is 59.3 Å². The van der Waals surface area contributed by atoms with Crippen molar-refractivity contribution in [3.63, 3.8) is 0 Å². The Bertz CT molecular complexity index is 1120. The maximum absolute atomic E-state index is 13.6. The first-order valence-electron chi connectivity index (χ1n) is 9.79. The minimum Gasteiger partial charge on any atom is -0.354 e. The number of nitrogens with zero attached hydrogens (tertiary/aromatic N) is 3. The molecule has 7 heteroatoms. The molecule has 1 aliphatic rings. The number of aliphatic imine (C=N–C) groups is 1. The molecule has 0 radical (unpaired) electrons. The molecule has 0 bridgehead atoms. The molecule has 1 unspecified atom stereocenters. The maximum Gasteiger partial charge on any atom is 0.253 e. The summed E-state index contributed by atoms with van der Waals surface area (Å²) in [5, 5.41) is 3.49. The first-order chi connectivity index (χ1) is 14.3. The van der Waals surface area contributed by atoms with Crippen LogP contribution in [0.25, 0.3) is 0 Å². The Morgan fingerprint density at radius 2 is 1.83 bits per heavy atom. The van der Waals surface area contributed by atoms with E-state index in [4.69, 9.17) is 4.99 Å². The van der Waals surface area contributed by atoms with E-state index in [2.05, 4.69) is 10.3 Å². The highest BCUT2D eigenvalue weighted by Crippen LogP contribution is 2.38. The van der Waals surface area contributed by atoms with Crippen molar-refractivity contribution in [3.05, 3.63) is 99.2 Å². The third-order valence-corrected chi connectivity index (χ3v) is 5.66. The van der Waals surface area contributed by atoms with Gasteiger partial charge >= 0.3 is 0 Å². The number of halogens is 2. The van der Waals surface area contributed by atoms with E-state index in [-0.39, 0.29) is 17.4 Å². The van der Waals surface area contributed by atoms with Crippen LogP contribution in [0.3, 0.4) is 0 Å². The fraction of sp³-hybridized carbons (Fsp3) is 0.261.